The zero-order valence-corrected chi connectivity index (χ0v) is 13.0. The van der Waals surface area contributed by atoms with Crippen LogP contribution in [0.25, 0.3) is 0 Å². The summed E-state index contributed by atoms with van der Waals surface area (Å²) >= 11 is 1.74. The summed E-state index contributed by atoms with van der Waals surface area (Å²) in [6.07, 6.45) is 0.108. The molecule has 1 aromatic carbocycles. The molecule has 0 radical (unpaired) electrons. The highest BCUT2D eigenvalue weighted by Gasteiger charge is 2.12. The predicted octanol–water partition coefficient (Wildman–Crippen LogP) is 4.25. The SMILES string of the molecule is CC(C)CNCC(OCc1cccs1)c1ccccc1. The van der Waals surface area contributed by atoms with E-state index >= 15 is 0 Å². The lowest BCUT2D eigenvalue weighted by Crippen LogP contribution is -2.26. The van der Waals surface area contributed by atoms with Crippen molar-refractivity contribution in [2.24, 2.45) is 5.92 Å². The standard InChI is InChI=1S/C17H23NOS/c1-14(2)11-18-12-17(15-7-4-3-5-8-15)19-13-16-9-6-10-20-16/h3-10,14,17-18H,11-13H2,1-2H3. The first-order valence-electron chi connectivity index (χ1n) is 7.15. The molecular weight excluding hydrogens is 266 g/mol. The molecule has 3 heteroatoms. The number of benzene rings is 1. The van der Waals surface area contributed by atoms with Crippen molar-refractivity contribution in [1.29, 1.82) is 0 Å². The van der Waals surface area contributed by atoms with E-state index < -0.39 is 0 Å². The summed E-state index contributed by atoms with van der Waals surface area (Å²) in [6, 6.07) is 14.6. The van der Waals surface area contributed by atoms with E-state index in [1.807, 2.05) is 6.07 Å². The van der Waals surface area contributed by atoms with Gasteiger partial charge in [-0.2, -0.15) is 0 Å². The maximum Gasteiger partial charge on any atom is 0.0954 e. The van der Waals surface area contributed by atoms with Gasteiger partial charge in [0.25, 0.3) is 0 Å². The number of hydrogen-bond acceptors (Lipinski definition) is 3. The van der Waals surface area contributed by atoms with Gasteiger partial charge in [-0.25, -0.2) is 0 Å². The van der Waals surface area contributed by atoms with Gasteiger partial charge in [-0.1, -0.05) is 50.2 Å². The first kappa shape index (κ1) is 15.2. The van der Waals surface area contributed by atoms with Gasteiger partial charge in [-0.15, -0.1) is 11.3 Å². The van der Waals surface area contributed by atoms with Crippen LogP contribution in [0.2, 0.25) is 0 Å². The molecule has 0 aliphatic rings. The van der Waals surface area contributed by atoms with E-state index in [0.717, 1.165) is 13.1 Å². The lowest BCUT2D eigenvalue weighted by Gasteiger charge is -2.19. The van der Waals surface area contributed by atoms with Gasteiger partial charge in [-0.05, 0) is 29.5 Å². The minimum atomic E-state index is 0.108. The second-order valence-corrected chi connectivity index (χ2v) is 6.37. The van der Waals surface area contributed by atoms with Crippen molar-refractivity contribution in [3.8, 4) is 0 Å². The Balaban J connectivity index is 1.92. The Labute approximate surface area is 125 Å². The number of nitrogens with one attached hydrogen (secondary N) is 1. The molecule has 1 atom stereocenters. The molecule has 2 rings (SSSR count). The minimum Gasteiger partial charge on any atom is -0.367 e. The molecule has 2 aromatic rings. The third kappa shape index (κ3) is 5.08. The van der Waals surface area contributed by atoms with Gasteiger partial charge in [0.2, 0.25) is 0 Å². The summed E-state index contributed by atoms with van der Waals surface area (Å²) in [6.45, 7) is 6.99. The Hall–Kier alpha value is -1.16. The van der Waals surface area contributed by atoms with Crippen LogP contribution in [0, 0.1) is 5.92 Å². The summed E-state index contributed by atoms with van der Waals surface area (Å²) in [4.78, 5) is 1.27. The first-order valence-corrected chi connectivity index (χ1v) is 8.03. The molecule has 1 aromatic heterocycles. The lowest BCUT2D eigenvalue weighted by atomic mass is 10.1. The van der Waals surface area contributed by atoms with Gasteiger partial charge in [0, 0.05) is 11.4 Å². The van der Waals surface area contributed by atoms with E-state index in [0.29, 0.717) is 12.5 Å². The lowest BCUT2D eigenvalue weighted by molar-refractivity contribution is 0.0410. The normalized spacial score (nSPS) is 12.8. The Morgan fingerprint density at radius 2 is 1.85 bits per heavy atom. The van der Waals surface area contributed by atoms with Crippen molar-refractivity contribution in [2.45, 2.75) is 26.6 Å². The van der Waals surface area contributed by atoms with E-state index in [4.69, 9.17) is 4.74 Å². The number of thiophene rings is 1. The number of rotatable bonds is 8. The number of hydrogen-bond donors (Lipinski definition) is 1. The van der Waals surface area contributed by atoms with Crippen LogP contribution < -0.4 is 5.32 Å². The predicted molar refractivity (Wildman–Crippen MR) is 86.0 cm³/mol. The molecule has 0 fully saturated rings. The maximum atomic E-state index is 6.10. The molecule has 0 aliphatic heterocycles. The molecule has 2 nitrogen and oxygen atoms in total. The van der Waals surface area contributed by atoms with Crippen molar-refractivity contribution in [3.05, 3.63) is 58.3 Å². The van der Waals surface area contributed by atoms with Crippen LogP contribution in [0.3, 0.4) is 0 Å². The van der Waals surface area contributed by atoms with E-state index in [1.54, 1.807) is 11.3 Å². The van der Waals surface area contributed by atoms with Crippen LogP contribution >= 0.6 is 11.3 Å². The monoisotopic (exact) mass is 289 g/mol. The van der Waals surface area contributed by atoms with Crippen molar-refractivity contribution in [2.75, 3.05) is 13.1 Å². The van der Waals surface area contributed by atoms with E-state index in [1.165, 1.54) is 10.4 Å². The molecule has 0 bridgehead atoms. The molecule has 0 saturated carbocycles. The van der Waals surface area contributed by atoms with Gasteiger partial charge in [0.1, 0.15) is 0 Å². The van der Waals surface area contributed by atoms with Crippen molar-refractivity contribution >= 4 is 11.3 Å². The van der Waals surface area contributed by atoms with Gasteiger partial charge < -0.3 is 10.1 Å². The van der Waals surface area contributed by atoms with Gasteiger partial charge >= 0.3 is 0 Å². The Kier molecular flexibility index (Phi) is 6.25. The highest BCUT2D eigenvalue weighted by atomic mass is 32.1. The molecule has 0 saturated heterocycles. The van der Waals surface area contributed by atoms with Crippen LogP contribution in [-0.4, -0.2) is 13.1 Å². The fourth-order valence-corrected chi connectivity index (χ4v) is 2.65. The van der Waals surface area contributed by atoms with E-state index in [-0.39, 0.29) is 6.10 Å². The first-order chi connectivity index (χ1) is 9.75. The second-order valence-electron chi connectivity index (χ2n) is 5.34. The summed E-state index contributed by atoms with van der Waals surface area (Å²) in [5.74, 6) is 0.656. The topological polar surface area (TPSA) is 21.3 Å². The third-order valence-electron chi connectivity index (χ3n) is 3.06. The molecular formula is C17H23NOS. The van der Waals surface area contributed by atoms with Crippen molar-refractivity contribution in [1.82, 2.24) is 5.32 Å². The van der Waals surface area contributed by atoms with E-state index in [2.05, 4.69) is 60.9 Å². The molecule has 1 N–H and O–H groups in total. The summed E-state index contributed by atoms with van der Waals surface area (Å²) in [5.41, 5.74) is 1.24. The van der Waals surface area contributed by atoms with Crippen molar-refractivity contribution in [3.63, 3.8) is 0 Å². The van der Waals surface area contributed by atoms with Gasteiger partial charge in [0.15, 0.2) is 0 Å². The average Bonchev–Trinajstić information content (AvgIpc) is 2.96. The molecule has 0 aliphatic carbocycles. The largest absolute Gasteiger partial charge is 0.367 e. The van der Waals surface area contributed by atoms with Crippen LogP contribution in [0.4, 0.5) is 0 Å². The Morgan fingerprint density at radius 1 is 1.05 bits per heavy atom. The molecule has 0 amide bonds. The fraction of sp³-hybridized carbons (Fsp3) is 0.412. The van der Waals surface area contributed by atoms with Crippen LogP contribution in [0.15, 0.2) is 47.8 Å². The highest BCUT2D eigenvalue weighted by molar-refractivity contribution is 7.09. The van der Waals surface area contributed by atoms with Crippen LogP contribution in [0.1, 0.15) is 30.4 Å². The Bertz CT molecular complexity index is 467. The zero-order valence-electron chi connectivity index (χ0n) is 12.2. The fourth-order valence-electron chi connectivity index (χ4n) is 2.02. The minimum absolute atomic E-state index is 0.108. The summed E-state index contributed by atoms with van der Waals surface area (Å²) in [7, 11) is 0. The highest BCUT2D eigenvalue weighted by Crippen LogP contribution is 2.20. The van der Waals surface area contributed by atoms with Crippen LogP contribution in [0.5, 0.6) is 0 Å². The van der Waals surface area contributed by atoms with Crippen LogP contribution in [-0.2, 0) is 11.3 Å². The van der Waals surface area contributed by atoms with Gasteiger partial charge in [-0.3, -0.25) is 0 Å². The maximum absolute atomic E-state index is 6.10. The quantitative estimate of drug-likeness (QED) is 0.784. The molecule has 1 unspecified atom stereocenters. The summed E-state index contributed by atoms with van der Waals surface area (Å²) < 4.78 is 6.10. The average molecular weight is 289 g/mol. The smallest absolute Gasteiger partial charge is 0.0954 e. The molecule has 1 heterocycles. The molecule has 108 valence electrons. The van der Waals surface area contributed by atoms with E-state index in [9.17, 15) is 0 Å². The summed E-state index contributed by atoms with van der Waals surface area (Å²) in [5, 5.41) is 5.58. The zero-order chi connectivity index (χ0) is 14.2. The third-order valence-corrected chi connectivity index (χ3v) is 3.91. The molecule has 20 heavy (non-hydrogen) atoms. The Morgan fingerprint density at radius 3 is 2.50 bits per heavy atom. The molecule has 0 spiro atoms. The second kappa shape index (κ2) is 8.20. The number of ether oxygens (including phenoxy) is 1. The van der Waals surface area contributed by atoms with Crippen molar-refractivity contribution < 1.29 is 4.74 Å². The van der Waals surface area contributed by atoms with Gasteiger partial charge in [0.05, 0.1) is 12.7 Å².